The molecule has 0 aliphatic carbocycles. The van der Waals surface area contributed by atoms with Gasteiger partial charge in [-0.15, -0.1) is 0 Å². The van der Waals surface area contributed by atoms with E-state index in [1.54, 1.807) is 0 Å². The van der Waals surface area contributed by atoms with Gasteiger partial charge in [-0.2, -0.15) is 0 Å². The molecular formula is C21H38F2O2. The number of carbonyl (C=O) groups is 1. The lowest BCUT2D eigenvalue weighted by atomic mass is 9.87. The third-order valence-corrected chi connectivity index (χ3v) is 4.56. The largest absolute Gasteiger partial charge is 0.512 e. The highest BCUT2D eigenvalue weighted by atomic mass is 19.1. The van der Waals surface area contributed by atoms with E-state index in [1.807, 2.05) is 13.8 Å². The van der Waals surface area contributed by atoms with Crippen LogP contribution in [-0.2, 0) is 4.79 Å². The van der Waals surface area contributed by atoms with Crippen LogP contribution in [0.2, 0.25) is 0 Å². The summed E-state index contributed by atoms with van der Waals surface area (Å²) in [6.07, 6.45) is 6.10. The van der Waals surface area contributed by atoms with Gasteiger partial charge < -0.3 is 5.11 Å². The Kier molecular flexibility index (Phi) is 10.5. The van der Waals surface area contributed by atoms with Crippen LogP contribution in [0.25, 0.3) is 0 Å². The molecule has 0 aromatic rings. The van der Waals surface area contributed by atoms with Crippen molar-refractivity contribution in [2.75, 3.05) is 0 Å². The zero-order chi connectivity index (χ0) is 19.7. The van der Waals surface area contributed by atoms with Crippen LogP contribution < -0.4 is 0 Å². The summed E-state index contributed by atoms with van der Waals surface area (Å²) in [5.74, 6) is -0.535. The monoisotopic (exact) mass is 360 g/mol. The van der Waals surface area contributed by atoms with Crippen LogP contribution in [0.3, 0.4) is 0 Å². The molecule has 25 heavy (non-hydrogen) atoms. The van der Waals surface area contributed by atoms with E-state index in [9.17, 15) is 18.7 Å². The minimum atomic E-state index is -1.30. The summed E-state index contributed by atoms with van der Waals surface area (Å²) in [7, 11) is 0. The third kappa shape index (κ3) is 12.1. The van der Waals surface area contributed by atoms with Gasteiger partial charge in [-0.05, 0) is 66.2 Å². The van der Waals surface area contributed by atoms with E-state index in [4.69, 9.17) is 0 Å². The van der Waals surface area contributed by atoms with Crippen LogP contribution in [0.4, 0.5) is 8.78 Å². The number of aliphatic hydroxyl groups excluding tert-OH is 1. The predicted molar refractivity (Wildman–Crippen MR) is 101 cm³/mol. The van der Waals surface area contributed by atoms with E-state index in [0.29, 0.717) is 32.1 Å². The molecule has 0 saturated carbocycles. The number of allylic oxidation sites excluding steroid dienone is 2. The standard InChI is InChI=1S/C21H38F2O2/c1-7-9-16(11-13-20(3,4)22)18(24)15-19(25)17(10-8-2)12-14-21(5,6)23/h15-17,24H,7-14H2,1-6H3/b18-15-. The lowest BCUT2D eigenvalue weighted by Crippen LogP contribution is -2.20. The van der Waals surface area contributed by atoms with E-state index in [-0.39, 0.29) is 23.4 Å². The number of aliphatic hydroxyl groups is 1. The van der Waals surface area contributed by atoms with Crippen LogP contribution in [-0.4, -0.2) is 22.2 Å². The number of carbonyl (C=O) groups excluding carboxylic acids is 1. The van der Waals surface area contributed by atoms with Gasteiger partial charge in [-0.1, -0.05) is 26.7 Å². The molecular weight excluding hydrogens is 322 g/mol. The molecule has 0 rings (SSSR count). The zero-order valence-electron chi connectivity index (χ0n) is 17.0. The van der Waals surface area contributed by atoms with Crippen molar-refractivity contribution in [3.8, 4) is 0 Å². The molecule has 2 unspecified atom stereocenters. The third-order valence-electron chi connectivity index (χ3n) is 4.56. The number of halogens is 2. The molecule has 0 aliphatic rings. The second kappa shape index (κ2) is 10.9. The first kappa shape index (κ1) is 24.1. The highest BCUT2D eigenvalue weighted by molar-refractivity contribution is 5.92. The Morgan fingerprint density at radius 2 is 1.28 bits per heavy atom. The maximum Gasteiger partial charge on any atom is 0.162 e. The van der Waals surface area contributed by atoms with Gasteiger partial charge in [-0.3, -0.25) is 4.79 Å². The second-order valence-electron chi connectivity index (χ2n) is 8.46. The maximum absolute atomic E-state index is 13.8. The fourth-order valence-electron chi connectivity index (χ4n) is 2.98. The Hall–Kier alpha value is -0.930. The van der Waals surface area contributed by atoms with Gasteiger partial charge in [0.1, 0.15) is 11.3 Å². The Morgan fingerprint density at radius 1 is 0.880 bits per heavy atom. The molecule has 0 saturated heterocycles. The van der Waals surface area contributed by atoms with Gasteiger partial charge in [0, 0.05) is 17.9 Å². The zero-order valence-corrected chi connectivity index (χ0v) is 17.0. The lowest BCUT2D eigenvalue weighted by Gasteiger charge is -2.21. The van der Waals surface area contributed by atoms with E-state index in [1.165, 1.54) is 33.8 Å². The Labute approximate surface area is 153 Å². The minimum Gasteiger partial charge on any atom is -0.512 e. The summed E-state index contributed by atoms with van der Waals surface area (Å²) in [6, 6.07) is 0. The van der Waals surface area contributed by atoms with Crippen LogP contribution in [0.1, 0.15) is 92.9 Å². The molecule has 0 radical (unpaired) electrons. The van der Waals surface area contributed by atoms with E-state index in [2.05, 4.69) is 0 Å². The average molecular weight is 361 g/mol. The van der Waals surface area contributed by atoms with E-state index >= 15 is 0 Å². The van der Waals surface area contributed by atoms with Crippen molar-refractivity contribution < 1.29 is 18.7 Å². The van der Waals surface area contributed by atoms with Crippen LogP contribution in [0.15, 0.2) is 11.8 Å². The van der Waals surface area contributed by atoms with Crippen molar-refractivity contribution in [2.24, 2.45) is 11.8 Å². The van der Waals surface area contributed by atoms with Crippen LogP contribution in [0, 0.1) is 11.8 Å². The fraction of sp³-hybridized carbons (Fsp3) is 0.857. The van der Waals surface area contributed by atoms with Crippen molar-refractivity contribution in [1.82, 2.24) is 0 Å². The molecule has 0 aromatic heterocycles. The molecule has 148 valence electrons. The molecule has 1 N–H and O–H groups in total. The van der Waals surface area contributed by atoms with E-state index in [0.717, 1.165) is 19.3 Å². The Balaban J connectivity index is 5.01. The first-order chi connectivity index (χ1) is 11.4. The van der Waals surface area contributed by atoms with Gasteiger partial charge in [0.15, 0.2) is 5.78 Å². The fourth-order valence-corrected chi connectivity index (χ4v) is 2.98. The Morgan fingerprint density at radius 3 is 1.68 bits per heavy atom. The van der Waals surface area contributed by atoms with Gasteiger partial charge >= 0.3 is 0 Å². The predicted octanol–water partition coefficient (Wildman–Crippen LogP) is 6.89. The summed E-state index contributed by atoms with van der Waals surface area (Å²) in [5.41, 5.74) is -2.58. The second-order valence-corrected chi connectivity index (χ2v) is 8.46. The first-order valence-electron chi connectivity index (χ1n) is 9.71. The smallest absolute Gasteiger partial charge is 0.162 e. The lowest BCUT2D eigenvalue weighted by molar-refractivity contribution is -0.119. The minimum absolute atomic E-state index is 0.0525. The molecule has 0 bridgehead atoms. The normalized spacial score (nSPS) is 15.9. The molecule has 0 amide bonds. The summed E-state index contributed by atoms with van der Waals surface area (Å²) in [6.45, 7) is 10.1. The highest BCUT2D eigenvalue weighted by Gasteiger charge is 2.25. The van der Waals surface area contributed by atoms with E-state index < -0.39 is 11.3 Å². The molecule has 0 aliphatic heterocycles. The molecule has 2 nitrogen and oxygen atoms in total. The van der Waals surface area contributed by atoms with Crippen molar-refractivity contribution in [2.45, 2.75) is 104 Å². The van der Waals surface area contributed by atoms with Crippen LogP contribution in [0.5, 0.6) is 0 Å². The number of hydrogen-bond acceptors (Lipinski definition) is 2. The van der Waals surface area contributed by atoms with Crippen molar-refractivity contribution in [3.63, 3.8) is 0 Å². The van der Waals surface area contributed by atoms with Crippen LogP contribution >= 0.6 is 0 Å². The molecule has 0 heterocycles. The average Bonchev–Trinajstić information content (AvgIpc) is 2.45. The Bertz CT molecular complexity index is 417. The summed E-state index contributed by atoms with van der Waals surface area (Å²) < 4.78 is 27.5. The topological polar surface area (TPSA) is 37.3 Å². The number of alkyl halides is 2. The maximum atomic E-state index is 13.8. The van der Waals surface area contributed by atoms with Crippen molar-refractivity contribution in [3.05, 3.63) is 11.8 Å². The summed E-state index contributed by atoms with van der Waals surface area (Å²) >= 11 is 0. The summed E-state index contributed by atoms with van der Waals surface area (Å²) in [4.78, 5) is 12.5. The molecule has 4 heteroatoms. The molecule has 2 atom stereocenters. The molecule has 0 fully saturated rings. The quantitative estimate of drug-likeness (QED) is 0.287. The van der Waals surface area contributed by atoms with Gasteiger partial charge in [-0.25, -0.2) is 8.78 Å². The SMILES string of the molecule is CCCC(CCC(C)(C)F)C(=O)/C=C(\O)C(CCC)CCC(C)(C)F. The van der Waals surface area contributed by atoms with Crippen molar-refractivity contribution in [1.29, 1.82) is 0 Å². The number of ketones is 1. The van der Waals surface area contributed by atoms with Gasteiger partial charge in [0.2, 0.25) is 0 Å². The molecule has 0 aromatic carbocycles. The van der Waals surface area contributed by atoms with Gasteiger partial charge in [0.25, 0.3) is 0 Å². The summed E-state index contributed by atoms with van der Waals surface area (Å²) in [5, 5.41) is 10.4. The van der Waals surface area contributed by atoms with Crippen molar-refractivity contribution >= 4 is 5.78 Å². The molecule has 0 spiro atoms. The number of rotatable bonds is 13. The van der Waals surface area contributed by atoms with Gasteiger partial charge in [0.05, 0.1) is 5.76 Å². The highest BCUT2D eigenvalue weighted by Crippen LogP contribution is 2.28. The first-order valence-corrected chi connectivity index (χ1v) is 9.71. The number of hydrogen-bond donors (Lipinski definition) is 1.